The van der Waals surface area contributed by atoms with Crippen LogP contribution in [-0.4, -0.2) is 35.7 Å². The van der Waals surface area contributed by atoms with Gasteiger partial charge < -0.3 is 5.32 Å². The number of pyridine rings is 1. The topological polar surface area (TPSA) is 77.6 Å². The summed E-state index contributed by atoms with van der Waals surface area (Å²) in [6, 6.07) is 18.2. The Morgan fingerprint density at radius 3 is 2.74 bits per heavy atom. The smallest absolute Gasteiger partial charge is 0.230 e. The molecule has 0 bridgehead atoms. The maximum absolute atomic E-state index is 12.5. The van der Waals surface area contributed by atoms with Crippen molar-refractivity contribution in [2.75, 3.05) is 5.75 Å². The molecule has 7 nitrogen and oxygen atoms in total. The van der Waals surface area contributed by atoms with Gasteiger partial charge in [-0.3, -0.25) is 13.9 Å². The molecule has 0 fully saturated rings. The molecule has 0 saturated heterocycles. The van der Waals surface area contributed by atoms with E-state index >= 15 is 0 Å². The van der Waals surface area contributed by atoms with Crippen molar-refractivity contribution in [3.8, 4) is 11.5 Å². The molecule has 3 heterocycles. The molecule has 1 N–H and O–H groups in total. The minimum atomic E-state index is -0.0507. The zero-order valence-electron chi connectivity index (χ0n) is 19.0. The Hall–Kier alpha value is -3.91. The van der Waals surface area contributed by atoms with Gasteiger partial charge in [0.1, 0.15) is 12.1 Å². The molecule has 3 aromatic heterocycles. The number of benzene rings is 2. The number of amides is 1. The van der Waals surface area contributed by atoms with Gasteiger partial charge >= 0.3 is 0 Å². The predicted molar refractivity (Wildman–Crippen MR) is 134 cm³/mol. The number of carbonyl (C=O) groups excluding carboxylic acids is 1. The van der Waals surface area contributed by atoms with Crippen LogP contribution in [0.15, 0.2) is 84.7 Å². The number of nitrogens with one attached hydrogen (secondary N) is 1. The lowest BCUT2D eigenvalue weighted by molar-refractivity contribution is -0.118. The van der Waals surface area contributed by atoms with Crippen molar-refractivity contribution in [3.63, 3.8) is 0 Å². The van der Waals surface area contributed by atoms with E-state index in [0.29, 0.717) is 6.54 Å². The van der Waals surface area contributed by atoms with Crippen LogP contribution in [0.2, 0.25) is 0 Å². The summed E-state index contributed by atoms with van der Waals surface area (Å²) in [4.78, 5) is 25.9. The molecule has 0 aliphatic heterocycles. The second-order valence-electron chi connectivity index (χ2n) is 8.06. The van der Waals surface area contributed by atoms with Gasteiger partial charge in [0.15, 0.2) is 5.16 Å². The standard InChI is InChI=1S/C26H24N6OS/c1-18-7-8-19(2)23(13-18)31-12-11-27-26(31)34-16-25(33)29-15-20-9-10-24(28-14-20)32-17-30-21-5-3-4-6-22(21)32/h3-14,17H,15-16H2,1-2H3,(H,29,33). The summed E-state index contributed by atoms with van der Waals surface area (Å²) in [5, 5.41) is 3.76. The van der Waals surface area contributed by atoms with Crippen LogP contribution >= 0.6 is 11.8 Å². The highest BCUT2D eigenvalue weighted by atomic mass is 32.2. The Balaban J connectivity index is 1.18. The number of hydrogen-bond acceptors (Lipinski definition) is 5. The minimum Gasteiger partial charge on any atom is -0.351 e. The van der Waals surface area contributed by atoms with Gasteiger partial charge in [0, 0.05) is 25.1 Å². The molecule has 2 aromatic carbocycles. The molecular weight excluding hydrogens is 444 g/mol. The minimum absolute atomic E-state index is 0.0507. The molecule has 5 rings (SSSR count). The van der Waals surface area contributed by atoms with E-state index in [4.69, 9.17) is 0 Å². The number of aryl methyl sites for hydroxylation is 2. The fourth-order valence-corrected chi connectivity index (χ4v) is 4.54. The van der Waals surface area contributed by atoms with Crippen LogP contribution in [0.25, 0.3) is 22.5 Å². The quantitative estimate of drug-likeness (QED) is 0.352. The van der Waals surface area contributed by atoms with Gasteiger partial charge in [-0.25, -0.2) is 15.0 Å². The molecule has 0 atom stereocenters. The van der Waals surface area contributed by atoms with Crippen LogP contribution in [-0.2, 0) is 11.3 Å². The summed E-state index contributed by atoms with van der Waals surface area (Å²) < 4.78 is 3.98. The molecule has 5 aromatic rings. The lowest BCUT2D eigenvalue weighted by atomic mass is 10.1. The number of rotatable bonds is 7. The van der Waals surface area contributed by atoms with E-state index in [1.807, 2.05) is 51.7 Å². The second kappa shape index (κ2) is 9.52. The van der Waals surface area contributed by atoms with E-state index in [1.165, 1.54) is 17.3 Å². The summed E-state index contributed by atoms with van der Waals surface area (Å²) >= 11 is 1.42. The monoisotopic (exact) mass is 468 g/mol. The van der Waals surface area contributed by atoms with Crippen LogP contribution < -0.4 is 5.32 Å². The van der Waals surface area contributed by atoms with Crippen LogP contribution in [0.1, 0.15) is 16.7 Å². The number of para-hydroxylation sites is 2. The van der Waals surface area contributed by atoms with E-state index in [-0.39, 0.29) is 11.7 Å². The normalized spacial score (nSPS) is 11.1. The third-order valence-corrected chi connectivity index (χ3v) is 6.53. The molecule has 0 saturated carbocycles. The molecule has 0 aliphatic rings. The number of thioether (sulfide) groups is 1. The first kappa shape index (κ1) is 21.9. The molecule has 1 amide bonds. The Morgan fingerprint density at radius 2 is 1.88 bits per heavy atom. The Labute approximate surface area is 201 Å². The summed E-state index contributed by atoms with van der Waals surface area (Å²) in [5.41, 5.74) is 6.29. The summed E-state index contributed by atoms with van der Waals surface area (Å²) in [6.45, 7) is 4.56. The van der Waals surface area contributed by atoms with E-state index in [2.05, 4.69) is 52.3 Å². The van der Waals surface area contributed by atoms with Gasteiger partial charge in [-0.05, 0) is 54.8 Å². The molecule has 0 aliphatic carbocycles. The highest BCUT2D eigenvalue weighted by Crippen LogP contribution is 2.23. The van der Waals surface area contributed by atoms with Gasteiger partial charge in [0.05, 0.1) is 22.5 Å². The van der Waals surface area contributed by atoms with Crippen molar-refractivity contribution < 1.29 is 4.79 Å². The number of fused-ring (bicyclic) bond motifs is 1. The van der Waals surface area contributed by atoms with Crippen molar-refractivity contribution in [3.05, 3.63) is 96.2 Å². The van der Waals surface area contributed by atoms with Gasteiger partial charge in [-0.15, -0.1) is 0 Å². The molecule has 170 valence electrons. The maximum Gasteiger partial charge on any atom is 0.230 e. The number of imidazole rings is 2. The molecule has 34 heavy (non-hydrogen) atoms. The Bertz CT molecular complexity index is 1450. The largest absolute Gasteiger partial charge is 0.351 e. The van der Waals surface area contributed by atoms with Crippen LogP contribution in [0.3, 0.4) is 0 Å². The van der Waals surface area contributed by atoms with Crippen molar-refractivity contribution >= 4 is 28.7 Å². The van der Waals surface area contributed by atoms with Gasteiger partial charge in [0.25, 0.3) is 0 Å². The van der Waals surface area contributed by atoms with Gasteiger partial charge in [-0.2, -0.15) is 0 Å². The van der Waals surface area contributed by atoms with Crippen molar-refractivity contribution in [2.45, 2.75) is 25.5 Å². The average Bonchev–Trinajstić information content (AvgIpc) is 3.50. The van der Waals surface area contributed by atoms with Crippen molar-refractivity contribution in [2.24, 2.45) is 0 Å². The van der Waals surface area contributed by atoms with Gasteiger partial charge in [0.2, 0.25) is 5.91 Å². The molecule has 0 spiro atoms. The average molecular weight is 469 g/mol. The lowest BCUT2D eigenvalue weighted by Gasteiger charge is -2.11. The van der Waals surface area contributed by atoms with E-state index in [0.717, 1.165) is 38.8 Å². The number of hydrogen-bond donors (Lipinski definition) is 1. The van der Waals surface area contributed by atoms with Crippen LogP contribution in [0.4, 0.5) is 0 Å². The fraction of sp³-hybridized carbons (Fsp3) is 0.154. The summed E-state index contributed by atoms with van der Waals surface area (Å²) in [6.07, 6.45) is 7.25. The third-order valence-electron chi connectivity index (χ3n) is 5.56. The summed E-state index contributed by atoms with van der Waals surface area (Å²) in [5.74, 6) is 1.02. The second-order valence-corrected chi connectivity index (χ2v) is 9.01. The molecule has 0 unspecified atom stereocenters. The first-order chi connectivity index (χ1) is 16.6. The van der Waals surface area contributed by atoms with E-state index in [9.17, 15) is 4.79 Å². The van der Waals surface area contributed by atoms with Crippen LogP contribution in [0, 0.1) is 13.8 Å². The first-order valence-corrected chi connectivity index (χ1v) is 11.9. The summed E-state index contributed by atoms with van der Waals surface area (Å²) in [7, 11) is 0. The lowest BCUT2D eigenvalue weighted by Crippen LogP contribution is -2.24. The molecular formula is C26H24N6OS. The molecule has 8 heteroatoms. The third kappa shape index (κ3) is 4.58. The van der Waals surface area contributed by atoms with Crippen molar-refractivity contribution in [1.29, 1.82) is 0 Å². The van der Waals surface area contributed by atoms with E-state index < -0.39 is 0 Å². The highest BCUT2D eigenvalue weighted by molar-refractivity contribution is 7.99. The number of aromatic nitrogens is 5. The molecule has 0 radical (unpaired) electrons. The zero-order valence-corrected chi connectivity index (χ0v) is 19.8. The highest BCUT2D eigenvalue weighted by Gasteiger charge is 2.11. The predicted octanol–water partition coefficient (Wildman–Crippen LogP) is 4.63. The SMILES string of the molecule is Cc1ccc(C)c(-n2ccnc2SCC(=O)NCc2ccc(-n3cnc4ccccc43)nc2)c1. The zero-order chi connectivity index (χ0) is 23.5. The Kier molecular flexibility index (Phi) is 6.14. The Morgan fingerprint density at radius 1 is 1.00 bits per heavy atom. The van der Waals surface area contributed by atoms with Crippen molar-refractivity contribution in [1.82, 2.24) is 29.4 Å². The van der Waals surface area contributed by atoms with Crippen LogP contribution in [0.5, 0.6) is 0 Å². The maximum atomic E-state index is 12.5. The fourth-order valence-electron chi connectivity index (χ4n) is 3.75. The van der Waals surface area contributed by atoms with Gasteiger partial charge in [-0.1, -0.05) is 42.1 Å². The number of carbonyl (C=O) groups is 1. The van der Waals surface area contributed by atoms with E-state index in [1.54, 1.807) is 18.7 Å². The number of nitrogens with zero attached hydrogens (tertiary/aromatic N) is 5. The first-order valence-electron chi connectivity index (χ1n) is 11.0.